The number of halogens is 1. The summed E-state index contributed by atoms with van der Waals surface area (Å²) < 4.78 is 14.9. The first kappa shape index (κ1) is 18.3. The summed E-state index contributed by atoms with van der Waals surface area (Å²) >= 11 is 0. The van der Waals surface area contributed by atoms with Crippen molar-refractivity contribution in [3.05, 3.63) is 83.4 Å². The van der Waals surface area contributed by atoms with E-state index in [4.69, 9.17) is 5.26 Å². The molecule has 27 heavy (non-hydrogen) atoms. The van der Waals surface area contributed by atoms with Crippen LogP contribution in [0, 0.1) is 17.1 Å². The molecule has 0 atom stereocenters. The summed E-state index contributed by atoms with van der Waals surface area (Å²) in [6, 6.07) is 16.9. The molecule has 2 aromatic carbocycles. The highest BCUT2D eigenvalue weighted by atomic mass is 19.1. The minimum Gasteiger partial charge on any atom is -0.333 e. The van der Waals surface area contributed by atoms with Gasteiger partial charge in [-0.1, -0.05) is 25.1 Å². The molecule has 0 fully saturated rings. The summed E-state index contributed by atoms with van der Waals surface area (Å²) in [5.41, 5.74) is 2.39. The molecule has 3 aromatic rings. The van der Waals surface area contributed by atoms with Gasteiger partial charge in [0.2, 0.25) is 0 Å². The van der Waals surface area contributed by atoms with Gasteiger partial charge in [-0.2, -0.15) is 10.4 Å². The summed E-state index contributed by atoms with van der Waals surface area (Å²) in [6.45, 7) is 3.03. The molecule has 0 aliphatic carbocycles. The Morgan fingerprint density at radius 3 is 2.67 bits per heavy atom. The zero-order chi connectivity index (χ0) is 19.2. The van der Waals surface area contributed by atoms with Crippen molar-refractivity contribution in [3.63, 3.8) is 0 Å². The molecule has 0 aliphatic heterocycles. The van der Waals surface area contributed by atoms with Crippen molar-refractivity contribution in [3.8, 4) is 11.8 Å². The van der Waals surface area contributed by atoms with Crippen molar-refractivity contribution in [2.75, 3.05) is 6.54 Å². The number of hydrogen-bond donors (Lipinski definition) is 0. The Morgan fingerprint density at radius 2 is 2.00 bits per heavy atom. The fourth-order valence-electron chi connectivity index (χ4n) is 2.79. The van der Waals surface area contributed by atoms with Crippen LogP contribution in [0.25, 0.3) is 5.69 Å². The fourth-order valence-corrected chi connectivity index (χ4v) is 2.79. The van der Waals surface area contributed by atoms with Crippen molar-refractivity contribution in [2.24, 2.45) is 0 Å². The first-order chi connectivity index (χ1) is 13.1. The van der Waals surface area contributed by atoms with Crippen LogP contribution in [0.15, 0.2) is 60.8 Å². The molecule has 0 saturated heterocycles. The van der Waals surface area contributed by atoms with Crippen molar-refractivity contribution in [1.29, 1.82) is 5.26 Å². The van der Waals surface area contributed by atoms with Crippen LogP contribution < -0.4 is 0 Å². The van der Waals surface area contributed by atoms with Gasteiger partial charge in [-0.15, -0.1) is 0 Å². The van der Waals surface area contributed by atoms with Crippen LogP contribution in [0.2, 0.25) is 0 Å². The van der Waals surface area contributed by atoms with Crippen LogP contribution in [-0.2, 0) is 6.54 Å². The standard InChI is InChI=1S/C21H19FN4O/c1-2-11-25(15-17-8-6-16(14-23)7-9-17)21(27)20-10-12-26(24-20)19-5-3-4-18(22)13-19/h3-10,12-13H,2,11,15H2,1H3. The van der Waals surface area contributed by atoms with Crippen LogP contribution in [0.1, 0.15) is 35.0 Å². The predicted molar refractivity (Wildman–Crippen MR) is 99.7 cm³/mol. The van der Waals surface area contributed by atoms with Crippen LogP contribution in [-0.4, -0.2) is 27.1 Å². The van der Waals surface area contributed by atoms with E-state index in [-0.39, 0.29) is 11.7 Å². The van der Waals surface area contributed by atoms with Crippen LogP contribution in [0.3, 0.4) is 0 Å². The predicted octanol–water partition coefficient (Wildman–Crippen LogP) is 3.94. The van der Waals surface area contributed by atoms with E-state index in [1.165, 1.54) is 16.8 Å². The lowest BCUT2D eigenvalue weighted by molar-refractivity contribution is 0.0736. The number of carbonyl (C=O) groups is 1. The third kappa shape index (κ3) is 4.39. The van der Waals surface area contributed by atoms with Gasteiger partial charge in [0.05, 0.1) is 17.3 Å². The Morgan fingerprint density at radius 1 is 1.22 bits per heavy atom. The molecule has 136 valence electrons. The maximum atomic E-state index is 13.4. The molecule has 0 spiro atoms. The largest absolute Gasteiger partial charge is 0.333 e. The Kier molecular flexibility index (Phi) is 5.62. The van der Waals surface area contributed by atoms with Gasteiger partial charge in [-0.3, -0.25) is 4.79 Å². The SMILES string of the molecule is CCCN(Cc1ccc(C#N)cc1)C(=O)c1ccn(-c2cccc(F)c2)n1. The minimum atomic E-state index is -0.357. The van der Waals surface area contributed by atoms with Crippen LogP contribution in [0.5, 0.6) is 0 Å². The molecule has 0 saturated carbocycles. The summed E-state index contributed by atoms with van der Waals surface area (Å²) in [5.74, 6) is -0.541. The molecule has 1 amide bonds. The Labute approximate surface area is 157 Å². The number of amides is 1. The maximum Gasteiger partial charge on any atom is 0.274 e. The quantitative estimate of drug-likeness (QED) is 0.667. The van der Waals surface area contributed by atoms with E-state index in [1.807, 2.05) is 19.1 Å². The van der Waals surface area contributed by atoms with E-state index in [0.29, 0.717) is 30.0 Å². The lowest BCUT2D eigenvalue weighted by atomic mass is 10.1. The molecular weight excluding hydrogens is 343 g/mol. The lowest BCUT2D eigenvalue weighted by Crippen LogP contribution is -2.31. The highest BCUT2D eigenvalue weighted by molar-refractivity contribution is 5.92. The van der Waals surface area contributed by atoms with Gasteiger partial charge >= 0.3 is 0 Å². The van der Waals surface area contributed by atoms with E-state index in [1.54, 1.807) is 41.4 Å². The van der Waals surface area contributed by atoms with E-state index in [2.05, 4.69) is 11.2 Å². The molecule has 0 N–H and O–H groups in total. The molecule has 1 heterocycles. The molecule has 0 unspecified atom stereocenters. The summed E-state index contributed by atoms with van der Waals surface area (Å²) in [4.78, 5) is 14.6. The van der Waals surface area contributed by atoms with E-state index in [0.717, 1.165) is 12.0 Å². The Hall–Kier alpha value is -3.46. The molecule has 6 heteroatoms. The van der Waals surface area contributed by atoms with E-state index >= 15 is 0 Å². The first-order valence-electron chi connectivity index (χ1n) is 8.70. The molecule has 1 aromatic heterocycles. The number of carbonyl (C=O) groups excluding carboxylic acids is 1. The topological polar surface area (TPSA) is 61.9 Å². The van der Waals surface area contributed by atoms with Gasteiger partial charge in [-0.25, -0.2) is 9.07 Å². The van der Waals surface area contributed by atoms with Crippen LogP contribution >= 0.6 is 0 Å². The minimum absolute atomic E-state index is 0.184. The number of nitriles is 1. The number of aromatic nitrogens is 2. The molecule has 3 rings (SSSR count). The average molecular weight is 362 g/mol. The third-order valence-corrected chi connectivity index (χ3v) is 4.12. The smallest absolute Gasteiger partial charge is 0.274 e. The van der Waals surface area contributed by atoms with Crippen LogP contribution in [0.4, 0.5) is 4.39 Å². The third-order valence-electron chi connectivity index (χ3n) is 4.12. The summed E-state index contributed by atoms with van der Waals surface area (Å²) in [6.07, 6.45) is 2.46. The van der Waals surface area contributed by atoms with Gasteiger partial charge in [0.1, 0.15) is 5.82 Å². The maximum absolute atomic E-state index is 13.4. The van der Waals surface area contributed by atoms with Gasteiger partial charge in [0.15, 0.2) is 5.69 Å². The normalized spacial score (nSPS) is 10.4. The summed E-state index contributed by atoms with van der Waals surface area (Å²) in [7, 11) is 0. The molecular formula is C21H19FN4O. The van der Waals surface area contributed by atoms with Gasteiger partial charge < -0.3 is 4.90 Å². The molecule has 0 radical (unpaired) electrons. The summed E-state index contributed by atoms with van der Waals surface area (Å²) in [5, 5.41) is 13.2. The van der Waals surface area contributed by atoms with Gasteiger partial charge in [0.25, 0.3) is 5.91 Å². The van der Waals surface area contributed by atoms with Crippen molar-refractivity contribution < 1.29 is 9.18 Å². The first-order valence-corrected chi connectivity index (χ1v) is 8.70. The number of benzene rings is 2. The van der Waals surface area contributed by atoms with E-state index < -0.39 is 0 Å². The van der Waals surface area contributed by atoms with Crippen molar-refractivity contribution in [2.45, 2.75) is 19.9 Å². The Balaban J connectivity index is 1.79. The van der Waals surface area contributed by atoms with Crippen molar-refractivity contribution in [1.82, 2.24) is 14.7 Å². The second-order valence-corrected chi connectivity index (χ2v) is 6.16. The second kappa shape index (κ2) is 8.28. The Bertz CT molecular complexity index is 972. The monoisotopic (exact) mass is 362 g/mol. The zero-order valence-electron chi connectivity index (χ0n) is 15.0. The highest BCUT2D eigenvalue weighted by Gasteiger charge is 2.18. The zero-order valence-corrected chi connectivity index (χ0v) is 15.0. The highest BCUT2D eigenvalue weighted by Crippen LogP contribution is 2.13. The number of hydrogen-bond acceptors (Lipinski definition) is 3. The molecule has 5 nitrogen and oxygen atoms in total. The van der Waals surface area contributed by atoms with Gasteiger partial charge in [0, 0.05) is 19.3 Å². The molecule has 0 aliphatic rings. The molecule has 0 bridgehead atoms. The fraction of sp³-hybridized carbons (Fsp3) is 0.190. The van der Waals surface area contributed by atoms with E-state index in [9.17, 15) is 9.18 Å². The average Bonchev–Trinajstić information content (AvgIpc) is 3.18. The van der Waals surface area contributed by atoms with Gasteiger partial charge in [-0.05, 0) is 48.4 Å². The lowest BCUT2D eigenvalue weighted by Gasteiger charge is -2.21. The second-order valence-electron chi connectivity index (χ2n) is 6.16. The number of rotatable bonds is 6. The number of nitrogens with zero attached hydrogens (tertiary/aromatic N) is 4. The van der Waals surface area contributed by atoms with Crippen molar-refractivity contribution >= 4 is 5.91 Å².